The van der Waals surface area contributed by atoms with Crippen molar-refractivity contribution in [3.63, 3.8) is 0 Å². The monoisotopic (exact) mass is 396 g/mol. The maximum atomic E-state index is 12.6. The number of hydrogen-bond donors (Lipinski definition) is 0. The SMILES string of the molecule is CN(C)c1ccc(C(C#N)N2CCN(C(=O)Cc3ccc(Cl)cc3)CC2)cc1. The van der Waals surface area contributed by atoms with E-state index in [2.05, 4.69) is 11.0 Å². The summed E-state index contributed by atoms with van der Waals surface area (Å²) in [6.07, 6.45) is 0.380. The summed E-state index contributed by atoms with van der Waals surface area (Å²) in [4.78, 5) is 18.6. The van der Waals surface area contributed by atoms with Crippen LogP contribution in [-0.2, 0) is 11.2 Å². The largest absolute Gasteiger partial charge is 0.378 e. The zero-order valence-electron chi connectivity index (χ0n) is 16.3. The van der Waals surface area contributed by atoms with Crippen LogP contribution in [0.1, 0.15) is 17.2 Å². The molecule has 1 saturated heterocycles. The number of carbonyl (C=O) groups excluding carboxylic acids is 1. The lowest BCUT2D eigenvalue weighted by atomic mass is 10.0. The Morgan fingerprint density at radius 1 is 1.07 bits per heavy atom. The molecule has 0 bridgehead atoms. The van der Waals surface area contributed by atoms with E-state index < -0.39 is 0 Å². The van der Waals surface area contributed by atoms with E-state index in [0.717, 1.165) is 16.8 Å². The molecule has 1 heterocycles. The summed E-state index contributed by atoms with van der Waals surface area (Å²) < 4.78 is 0. The van der Waals surface area contributed by atoms with Crippen molar-refractivity contribution < 1.29 is 4.79 Å². The quantitative estimate of drug-likeness (QED) is 0.777. The molecule has 0 radical (unpaired) electrons. The van der Waals surface area contributed by atoms with Crippen molar-refractivity contribution in [3.8, 4) is 6.07 Å². The van der Waals surface area contributed by atoms with E-state index in [0.29, 0.717) is 37.6 Å². The zero-order valence-corrected chi connectivity index (χ0v) is 17.1. The Hall–Kier alpha value is -2.55. The fourth-order valence-corrected chi connectivity index (χ4v) is 3.57. The molecule has 0 N–H and O–H groups in total. The van der Waals surface area contributed by atoms with Gasteiger partial charge in [0.25, 0.3) is 0 Å². The Morgan fingerprint density at radius 2 is 1.68 bits per heavy atom. The van der Waals surface area contributed by atoms with Crippen LogP contribution in [-0.4, -0.2) is 56.0 Å². The van der Waals surface area contributed by atoms with Gasteiger partial charge >= 0.3 is 0 Å². The zero-order chi connectivity index (χ0) is 20.1. The third kappa shape index (κ3) is 4.83. The second-order valence-corrected chi connectivity index (χ2v) is 7.67. The van der Waals surface area contributed by atoms with Crippen molar-refractivity contribution in [1.82, 2.24) is 9.80 Å². The van der Waals surface area contributed by atoms with Crippen LogP contribution in [0.15, 0.2) is 48.5 Å². The molecule has 2 aromatic rings. The molecule has 1 aliphatic rings. The lowest BCUT2D eigenvalue weighted by Gasteiger charge is -2.37. The van der Waals surface area contributed by atoms with Crippen molar-refractivity contribution in [1.29, 1.82) is 5.26 Å². The molecule has 3 rings (SSSR count). The Kier molecular flexibility index (Phi) is 6.56. The molecule has 0 saturated carbocycles. The summed E-state index contributed by atoms with van der Waals surface area (Å²) in [5.74, 6) is 0.116. The van der Waals surface area contributed by atoms with E-state index in [1.165, 1.54) is 0 Å². The predicted molar refractivity (Wildman–Crippen MR) is 112 cm³/mol. The van der Waals surface area contributed by atoms with E-state index in [-0.39, 0.29) is 11.9 Å². The van der Waals surface area contributed by atoms with Gasteiger partial charge in [-0.15, -0.1) is 0 Å². The van der Waals surface area contributed by atoms with Crippen LogP contribution < -0.4 is 4.90 Å². The molecule has 0 aliphatic carbocycles. The number of nitriles is 1. The van der Waals surface area contributed by atoms with Crippen molar-refractivity contribution in [3.05, 3.63) is 64.7 Å². The molecule has 2 aromatic carbocycles. The first-order chi connectivity index (χ1) is 13.5. The number of benzene rings is 2. The Bertz CT molecular complexity index is 834. The van der Waals surface area contributed by atoms with Crippen molar-refractivity contribution in [2.75, 3.05) is 45.2 Å². The van der Waals surface area contributed by atoms with Gasteiger partial charge in [-0.05, 0) is 35.4 Å². The average Bonchev–Trinajstić information content (AvgIpc) is 2.71. The molecule has 6 heteroatoms. The molecule has 146 valence electrons. The lowest BCUT2D eigenvalue weighted by molar-refractivity contribution is -0.132. The minimum atomic E-state index is -0.287. The second-order valence-electron chi connectivity index (χ2n) is 7.24. The minimum absolute atomic E-state index is 0.116. The van der Waals surface area contributed by atoms with Crippen LogP contribution in [0.5, 0.6) is 0 Å². The van der Waals surface area contributed by atoms with Crippen LogP contribution in [0.3, 0.4) is 0 Å². The average molecular weight is 397 g/mol. The van der Waals surface area contributed by atoms with Gasteiger partial charge in [0.1, 0.15) is 6.04 Å². The first kappa shape index (κ1) is 20.2. The number of anilines is 1. The van der Waals surface area contributed by atoms with E-state index in [1.54, 1.807) is 12.1 Å². The molecule has 5 nitrogen and oxygen atoms in total. The number of rotatable bonds is 5. The van der Waals surface area contributed by atoms with Crippen LogP contribution >= 0.6 is 11.6 Å². The van der Waals surface area contributed by atoms with Crippen LogP contribution in [0.4, 0.5) is 5.69 Å². The van der Waals surface area contributed by atoms with Gasteiger partial charge in [-0.25, -0.2) is 0 Å². The molecule has 1 unspecified atom stereocenters. The maximum absolute atomic E-state index is 12.6. The van der Waals surface area contributed by atoms with E-state index in [9.17, 15) is 10.1 Å². The molecule has 28 heavy (non-hydrogen) atoms. The van der Waals surface area contributed by atoms with Crippen LogP contribution in [0.25, 0.3) is 0 Å². The summed E-state index contributed by atoms with van der Waals surface area (Å²) in [6.45, 7) is 2.67. The highest BCUT2D eigenvalue weighted by Gasteiger charge is 2.27. The Balaban J connectivity index is 1.58. The molecule has 1 aliphatic heterocycles. The molecule has 0 spiro atoms. The van der Waals surface area contributed by atoms with Crippen molar-refractivity contribution >= 4 is 23.2 Å². The summed E-state index contributed by atoms with van der Waals surface area (Å²) in [5.41, 5.74) is 3.07. The van der Waals surface area contributed by atoms with E-state index in [1.807, 2.05) is 60.3 Å². The number of nitrogens with zero attached hydrogens (tertiary/aromatic N) is 4. The van der Waals surface area contributed by atoms with Crippen molar-refractivity contribution in [2.45, 2.75) is 12.5 Å². The number of amides is 1. The number of hydrogen-bond acceptors (Lipinski definition) is 4. The second kappa shape index (κ2) is 9.09. The normalized spacial score (nSPS) is 15.7. The van der Waals surface area contributed by atoms with Gasteiger partial charge in [0.15, 0.2) is 0 Å². The van der Waals surface area contributed by atoms with E-state index in [4.69, 9.17) is 11.6 Å². The minimum Gasteiger partial charge on any atom is -0.378 e. The van der Waals surface area contributed by atoms with Crippen LogP contribution in [0, 0.1) is 11.3 Å². The standard InChI is InChI=1S/C22H25ClN4O/c1-25(2)20-9-5-18(6-10-20)21(16-24)26-11-13-27(14-12-26)22(28)15-17-3-7-19(23)8-4-17/h3-10,21H,11-15H2,1-2H3. The van der Waals surface area contributed by atoms with Gasteiger partial charge in [0, 0.05) is 51.0 Å². The van der Waals surface area contributed by atoms with Gasteiger partial charge in [-0.2, -0.15) is 5.26 Å². The molecule has 1 amide bonds. The summed E-state index contributed by atoms with van der Waals surface area (Å²) in [5, 5.41) is 10.4. The third-order valence-corrected chi connectivity index (χ3v) is 5.40. The molecular formula is C22H25ClN4O. The molecule has 0 aromatic heterocycles. The fourth-order valence-electron chi connectivity index (χ4n) is 3.44. The third-order valence-electron chi connectivity index (χ3n) is 5.15. The summed E-state index contributed by atoms with van der Waals surface area (Å²) in [7, 11) is 3.99. The highest BCUT2D eigenvalue weighted by atomic mass is 35.5. The highest BCUT2D eigenvalue weighted by molar-refractivity contribution is 6.30. The molecule has 1 atom stereocenters. The topological polar surface area (TPSA) is 50.6 Å². The van der Waals surface area contributed by atoms with Crippen molar-refractivity contribution in [2.24, 2.45) is 0 Å². The van der Waals surface area contributed by atoms with Gasteiger partial charge in [0.2, 0.25) is 5.91 Å². The maximum Gasteiger partial charge on any atom is 0.227 e. The smallest absolute Gasteiger partial charge is 0.227 e. The number of carbonyl (C=O) groups is 1. The predicted octanol–water partition coefficient (Wildman–Crippen LogP) is 3.36. The summed E-state index contributed by atoms with van der Waals surface area (Å²) >= 11 is 5.90. The molecular weight excluding hydrogens is 372 g/mol. The highest BCUT2D eigenvalue weighted by Crippen LogP contribution is 2.24. The fraction of sp³-hybridized carbons (Fsp3) is 0.364. The van der Waals surface area contributed by atoms with Gasteiger partial charge in [-0.1, -0.05) is 35.9 Å². The molecule has 1 fully saturated rings. The summed E-state index contributed by atoms with van der Waals surface area (Å²) in [6, 6.07) is 17.6. The lowest BCUT2D eigenvalue weighted by Crippen LogP contribution is -2.49. The van der Waals surface area contributed by atoms with E-state index >= 15 is 0 Å². The first-order valence-corrected chi connectivity index (χ1v) is 9.79. The van der Waals surface area contributed by atoms with Gasteiger partial charge in [0.05, 0.1) is 12.5 Å². The van der Waals surface area contributed by atoms with Crippen LogP contribution in [0.2, 0.25) is 5.02 Å². The Labute approximate surface area is 171 Å². The van der Waals surface area contributed by atoms with Gasteiger partial charge in [-0.3, -0.25) is 9.69 Å². The Morgan fingerprint density at radius 3 is 2.21 bits per heavy atom. The number of piperazine rings is 1. The van der Waals surface area contributed by atoms with Gasteiger partial charge < -0.3 is 9.80 Å². The first-order valence-electron chi connectivity index (χ1n) is 9.41. The number of halogens is 1.